The van der Waals surface area contributed by atoms with Crippen LogP contribution in [-0.2, 0) is 6.54 Å². The monoisotopic (exact) mass is 350 g/mol. The first-order valence-electron chi connectivity index (χ1n) is 7.80. The average Bonchev–Trinajstić information content (AvgIpc) is 3.22. The minimum absolute atomic E-state index is 0.211. The number of aryl methyl sites for hydroxylation is 1. The Hall–Kier alpha value is -3.75. The number of nitrogens with one attached hydrogen (secondary N) is 1. The van der Waals surface area contributed by atoms with E-state index < -0.39 is 5.97 Å². The molecule has 0 fully saturated rings. The van der Waals surface area contributed by atoms with Crippen molar-refractivity contribution in [2.75, 3.05) is 0 Å². The van der Waals surface area contributed by atoms with Crippen LogP contribution >= 0.6 is 0 Å². The Labute approximate surface area is 146 Å². The highest BCUT2D eigenvalue weighted by Crippen LogP contribution is 2.12. The fourth-order valence-electron chi connectivity index (χ4n) is 2.68. The summed E-state index contributed by atoms with van der Waals surface area (Å²) in [6.45, 7) is 2.27. The molecule has 1 aromatic carbocycles. The lowest BCUT2D eigenvalue weighted by Gasteiger charge is -2.05. The van der Waals surface area contributed by atoms with E-state index in [1.807, 2.05) is 6.92 Å². The lowest BCUT2D eigenvalue weighted by Crippen LogP contribution is -2.16. The standard InChI is InChI=1S/C17H14N6O3/c1-10-6-19-23(7-10)17-20-14-13(15(24)21-17)22(9-18-14)8-11-2-4-12(5-3-11)16(25)26/h2-7,9H,8H2,1H3,(H,25,26)(H,20,21,24). The number of carboxylic acids is 1. The molecule has 9 heteroatoms. The minimum atomic E-state index is -0.980. The van der Waals surface area contributed by atoms with Crippen LogP contribution in [0.4, 0.5) is 0 Å². The van der Waals surface area contributed by atoms with Gasteiger partial charge >= 0.3 is 5.97 Å². The second-order valence-electron chi connectivity index (χ2n) is 5.90. The zero-order valence-electron chi connectivity index (χ0n) is 13.7. The van der Waals surface area contributed by atoms with Gasteiger partial charge in [0.05, 0.1) is 18.1 Å². The number of fused-ring (bicyclic) bond motifs is 1. The van der Waals surface area contributed by atoms with Gasteiger partial charge in [0, 0.05) is 12.7 Å². The van der Waals surface area contributed by atoms with E-state index in [-0.39, 0.29) is 11.1 Å². The molecule has 0 radical (unpaired) electrons. The lowest BCUT2D eigenvalue weighted by atomic mass is 10.1. The lowest BCUT2D eigenvalue weighted by molar-refractivity contribution is 0.0697. The maximum atomic E-state index is 12.5. The van der Waals surface area contributed by atoms with Crippen LogP contribution in [0.15, 0.2) is 47.8 Å². The number of hydrogen-bond acceptors (Lipinski definition) is 5. The molecule has 0 bridgehead atoms. The Kier molecular flexibility index (Phi) is 3.61. The number of aromatic carboxylic acids is 1. The first-order valence-corrected chi connectivity index (χ1v) is 7.80. The normalized spacial score (nSPS) is 11.1. The third-order valence-electron chi connectivity index (χ3n) is 3.95. The molecule has 0 amide bonds. The summed E-state index contributed by atoms with van der Waals surface area (Å²) in [6, 6.07) is 6.46. The Balaban J connectivity index is 1.71. The summed E-state index contributed by atoms with van der Waals surface area (Å²) in [5.41, 5.74) is 2.35. The molecule has 2 N–H and O–H groups in total. The van der Waals surface area contributed by atoms with Crippen molar-refractivity contribution in [3.63, 3.8) is 0 Å². The fourth-order valence-corrected chi connectivity index (χ4v) is 2.68. The zero-order chi connectivity index (χ0) is 18.3. The van der Waals surface area contributed by atoms with E-state index in [4.69, 9.17) is 5.11 Å². The Morgan fingerprint density at radius 3 is 2.69 bits per heavy atom. The Morgan fingerprint density at radius 1 is 1.27 bits per heavy atom. The average molecular weight is 350 g/mol. The number of imidazole rings is 1. The molecule has 0 aliphatic heterocycles. The minimum Gasteiger partial charge on any atom is -0.478 e. The van der Waals surface area contributed by atoms with Crippen LogP contribution in [0.2, 0.25) is 0 Å². The molecule has 0 spiro atoms. The first kappa shape index (κ1) is 15.8. The van der Waals surface area contributed by atoms with Crippen molar-refractivity contribution in [3.05, 3.63) is 70.0 Å². The van der Waals surface area contributed by atoms with Gasteiger partial charge in [-0.15, -0.1) is 0 Å². The molecule has 0 saturated heterocycles. The molecule has 26 heavy (non-hydrogen) atoms. The van der Waals surface area contributed by atoms with Crippen LogP contribution in [0.25, 0.3) is 17.1 Å². The number of hydrogen-bond donors (Lipinski definition) is 2. The van der Waals surface area contributed by atoms with Crippen molar-refractivity contribution < 1.29 is 9.90 Å². The summed E-state index contributed by atoms with van der Waals surface area (Å²) < 4.78 is 3.16. The Bertz CT molecular complexity index is 1170. The van der Waals surface area contributed by atoms with Gasteiger partial charge in [-0.1, -0.05) is 12.1 Å². The van der Waals surface area contributed by atoms with E-state index in [0.717, 1.165) is 11.1 Å². The van der Waals surface area contributed by atoms with Gasteiger partial charge in [-0.25, -0.2) is 14.5 Å². The summed E-state index contributed by atoms with van der Waals surface area (Å²) in [6.07, 6.45) is 4.96. The summed E-state index contributed by atoms with van der Waals surface area (Å²) in [7, 11) is 0. The third-order valence-corrected chi connectivity index (χ3v) is 3.95. The molecule has 3 aromatic heterocycles. The molecule has 130 valence electrons. The van der Waals surface area contributed by atoms with Gasteiger partial charge in [0.15, 0.2) is 11.2 Å². The van der Waals surface area contributed by atoms with E-state index in [1.54, 1.807) is 29.1 Å². The molecule has 4 rings (SSSR count). The molecule has 0 atom stereocenters. The number of carboxylic acid groups (broad SMARTS) is 1. The molecule has 0 aliphatic rings. The number of nitrogens with zero attached hydrogens (tertiary/aromatic N) is 5. The van der Waals surface area contributed by atoms with Gasteiger partial charge in [0.25, 0.3) is 5.56 Å². The van der Waals surface area contributed by atoms with Crippen molar-refractivity contribution in [2.24, 2.45) is 0 Å². The topological polar surface area (TPSA) is 119 Å². The van der Waals surface area contributed by atoms with Crippen molar-refractivity contribution in [2.45, 2.75) is 13.5 Å². The molecular weight excluding hydrogens is 336 g/mol. The van der Waals surface area contributed by atoms with E-state index >= 15 is 0 Å². The maximum absolute atomic E-state index is 12.5. The van der Waals surface area contributed by atoms with E-state index in [1.165, 1.54) is 23.1 Å². The fraction of sp³-hybridized carbons (Fsp3) is 0.118. The number of rotatable bonds is 4. The third kappa shape index (κ3) is 2.75. The number of aromatic nitrogens is 6. The van der Waals surface area contributed by atoms with Crippen LogP contribution in [0.1, 0.15) is 21.5 Å². The van der Waals surface area contributed by atoms with Crippen LogP contribution in [-0.4, -0.2) is 40.4 Å². The summed E-state index contributed by atoms with van der Waals surface area (Å²) in [4.78, 5) is 34.7. The largest absolute Gasteiger partial charge is 0.478 e. The summed E-state index contributed by atoms with van der Waals surface area (Å²) in [5, 5.41) is 13.1. The van der Waals surface area contributed by atoms with E-state index in [0.29, 0.717) is 23.7 Å². The SMILES string of the molecule is Cc1cnn(-c2nc3ncn(Cc4ccc(C(=O)O)cc4)c3c(=O)[nH]2)c1. The molecule has 0 aliphatic carbocycles. The molecule has 4 aromatic rings. The van der Waals surface area contributed by atoms with E-state index in [2.05, 4.69) is 20.1 Å². The summed E-state index contributed by atoms with van der Waals surface area (Å²) in [5.74, 6) is -0.682. The molecule has 0 saturated carbocycles. The number of carbonyl (C=O) groups is 1. The van der Waals surface area contributed by atoms with Crippen molar-refractivity contribution in [1.82, 2.24) is 29.3 Å². The predicted octanol–water partition coefficient (Wildman–Crippen LogP) is 1.36. The van der Waals surface area contributed by atoms with Gasteiger partial charge in [-0.2, -0.15) is 10.1 Å². The van der Waals surface area contributed by atoms with Crippen LogP contribution in [0.5, 0.6) is 0 Å². The molecule has 3 heterocycles. The van der Waals surface area contributed by atoms with Crippen LogP contribution in [0.3, 0.4) is 0 Å². The quantitative estimate of drug-likeness (QED) is 0.574. The smallest absolute Gasteiger partial charge is 0.335 e. The van der Waals surface area contributed by atoms with Crippen LogP contribution < -0.4 is 5.56 Å². The number of H-pyrrole nitrogens is 1. The Morgan fingerprint density at radius 2 is 2.04 bits per heavy atom. The highest BCUT2D eigenvalue weighted by atomic mass is 16.4. The van der Waals surface area contributed by atoms with Gasteiger partial charge < -0.3 is 9.67 Å². The molecular formula is C17H14N6O3. The second-order valence-corrected chi connectivity index (χ2v) is 5.90. The maximum Gasteiger partial charge on any atom is 0.335 e. The van der Waals surface area contributed by atoms with E-state index in [9.17, 15) is 9.59 Å². The van der Waals surface area contributed by atoms with Gasteiger partial charge in [0.1, 0.15) is 0 Å². The number of aromatic amines is 1. The molecule has 0 unspecified atom stereocenters. The zero-order valence-corrected chi connectivity index (χ0v) is 13.7. The second kappa shape index (κ2) is 5.96. The highest BCUT2D eigenvalue weighted by Gasteiger charge is 2.12. The van der Waals surface area contributed by atoms with Gasteiger partial charge in [-0.05, 0) is 30.2 Å². The molecule has 9 nitrogen and oxygen atoms in total. The predicted molar refractivity (Wildman–Crippen MR) is 92.5 cm³/mol. The van der Waals surface area contributed by atoms with Crippen molar-refractivity contribution in [3.8, 4) is 5.95 Å². The van der Waals surface area contributed by atoms with Crippen molar-refractivity contribution >= 4 is 17.1 Å². The summed E-state index contributed by atoms with van der Waals surface area (Å²) >= 11 is 0. The van der Waals surface area contributed by atoms with Crippen molar-refractivity contribution in [1.29, 1.82) is 0 Å². The number of benzene rings is 1. The van der Waals surface area contributed by atoms with Crippen LogP contribution in [0, 0.1) is 6.92 Å². The van der Waals surface area contributed by atoms with Gasteiger partial charge in [0.2, 0.25) is 5.95 Å². The first-order chi connectivity index (χ1) is 12.5. The van der Waals surface area contributed by atoms with Gasteiger partial charge in [-0.3, -0.25) is 9.78 Å². The highest BCUT2D eigenvalue weighted by molar-refractivity contribution is 5.87.